The number of ketones is 1. The highest BCUT2D eigenvalue weighted by atomic mass is 16.5. The molecule has 0 bridgehead atoms. The van der Waals surface area contributed by atoms with Crippen molar-refractivity contribution in [2.24, 2.45) is 5.92 Å². The molecule has 0 heterocycles. The smallest absolute Gasteiger partial charge is 0.309 e. The molecular formula is C14H24O3. The van der Waals surface area contributed by atoms with Gasteiger partial charge in [0.25, 0.3) is 0 Å². The SMILES string of the molecule is CCCC(CCC)C(=O)OC1CCC(=O)CC1. The van der Waals surface area contributed by atoms with E-state index in [1.807, 2.05) is 0 Å². The third kappa shape index (κ3) is 4.88. The van der Waals surface area contributed by atoms with Gasteiger partial charge in [-0.15, -0.1) is 0 Å². The van der Waals surface area contributed by atoms with Crippen LogP contribution in [-0.4, -0.2) is 17.9 Å². The molecule has 0 aromatic heterocycles. The van der Waals surface area contributed by atoms with E-state index < -0.39 is 0 Å². The summed E-state index contributed by atoms with van der Waals surface area (Å²) in [7, 11) is 0. The van der Waals surface area contributed by atoms with Crippen molar-refractivity contribution >= 4 is 11.8 Å². The second kappa shape index (κ2) is 7.46. The summed E-state index contributed by atoms with van der Waals surface area (Å²) in [5, 5.41) is 0. The Morgan fingerprint density at radius 1 is 1.24 bits per heavy atom. The van der Waals surface area contributed by atoms with Gasteiger partial charge in [-0.05, 0) is 25.7 Å². The topological polar surface area (TPSA) is 43.4 Å². The number of rotatable bonds is 6. The quantitative estimate of drug-likeness (QED) is 0.669. The van der Waals surface area contributed by atoms with Crippen LogP contribution >= 0.6 is 0 Å². The first-order chi connectivity index (χ1) is 8.17. The number of carbonyl (C=O) groups is 2. The summed E-state index contributed by atoms with van der Waals surface area (Å²) in [5.41, 5.74) is 0. The second-order valence-corrected chi connectivity index (χ2v) is 4.95. The number of esters is 1. The Kier molecular flexibility index (Phi) is 6.23. The van der Waals surface area contributed by atoms with E-state index in [0.29, 0.717) is 18.6 Å². The van der Waals surface area contributed by atoms with Gasteiger partial charge in [-0.1, -0.05) is 26.7 Å². The van der Waals surface area contributed by atoms with Gasteiger partial charge in [0.15, 0.2) is 0 Å². The predicted octanol–water partition coefficient (Wildman–Crippen LogP) is 3.26. The van der Waals surface area contributed by atoms with Crippen molar-refractivity contribution < 1.29 is 14.3 Å². The molecule has 1 aliphatic rings. The van der Waals surface area contributed by atoms with Crippen molar-refractivity contribution in [2.45, 2.75) is 71.3 Å². The van der Waals surface area contributed by atoms with Crippen LogP contribution in [0.4, 0.5) is 0 Å². The average Bonchev–Trinajstić information content (AvgIpc) is 2.32. The molecule has 0 amide bonds. The molecule has 1 rings (SSSR count). The zero-order valence-corrected chi connectivity index (χ0v) is 11.0. The van der Waals surface area contributed by atoms with Crippen LogP contribution in [0.2, 0.25) is 0 Å². The van der Waals surface area contributed by atoms with Gasteiger partial charge in [0, 0.05) is 12.8 Å². The second-order valence-electron chi connectivity index (χ2n) is 4.95. The van der Waals surface area contributed by atoms with Gasteiger partial charge in [0.05, 0.1) is 5.92 Å². The fourth-order valence-corrected chi connectivity index (χ4v) is 2.37. The Hall–Kier alpha value is -0.860. The van der Waals surface area contributed by atoms with Crippen molar-refractivity contribution in [2.75, 3.05) is 0 Å². The van der Waals surface area contributed by atoms with Gasteiger partial charge in [0.2, 0.25) is 0 Å². The summed E-state index contributed by atoms with van der Waals surface area (Å²) in [4.78, 5) is 23.1. The lowest BCUT2D eigenvalue weighted by Crippen LogP contribution is -2.28. The molecule has 0 N–H and O–H groups in total. The minimum absolute atomic E-state index is 0.0172. The van der Waals surface area contributed by atoms with Gasteiger partial charge in [-0.25, -0.2) is 0 Å². The van der Waals surface area contributed by atoms with Crippen LogP contribution in [0.1, 0.15) is 65.2 Å². The van der Waals surface area contributed by atoms with Crippen molar-refractivity contribution in [1.82, 2.24) is 0 Å². The molecule has 98 valence electrons. The van der Waals surface area contributed by atoms with Crippen molar-refractivity contribution in [3.63, 3.8) is 0 Å². The van der Waals surface area contributed by atoms with Gasteiger partial charge in [0.1, 0.15) is 11.9 Å². The van der Waals surface area contributed by atoms with Crippen LogP contribution in [0, 0.1) is 5.92 Å². The number of Topliss-reactive ketones (excluding diaryl/α,β-unsaturated/α-hetero) is 1. The molecule has 1 saturated carbocycles. The monoisotopic (exact) mass is 240 g/mol. The van der Waals surface area contributed by atoms with Crippen LogP contribution in [0.5, 0.6) is 0 Å². The summed E-state index contributed by atoms with van der Waals surface area (Å²) in [6.45, 7) is 4.18. The Labute approximate surface area is 104 Å². The fraction of sp³-hybridized carbons (Fsp3) is 0.857. The van der Waals surface area contributed by atoms with E-state index in [0.717, 1.165) is 38.5 Å². The lowest BCUT2D eigenvalue weighted by atomic mass is 9.95. The summed E-state index contributed by atoms with van der Waals surface area (Å²) in [5.74, 6) is 0.312. The maximum absolute atomic E-state index is 12.0. The molecule has 1 aliphatic carbocycles. The van der Waals surface area contributed by atoms with Crippen LogP contribution < -0.4 is 0 Å². The number of hydrogen-bond acceptors (Lipinski definition) is 3. The molecular weight excluding hydrogens is 216 g/mol. The van der Waals surface area contributed by atoms with E-state index >= 15 is 0 Å². The highest BCUT2D eigenvalue weighted by molar-refractivity contribution is 5.79. The Morgan fingerprint density at radius 3 is 2.24 bits per heavy atom. The molecule has 0 atom stereocenters. The zero-order valence-electron chi connectivity index (χ0n) is 11.0. The average molecular weight is 240 g/mol. The lowest BCUT2D eigenvalue weighted by molar-refractivity contribution is -0.157. The fourth-order valence-electron chi connectivity index (χ4n) is 2.37. The minimum Gasteiger partial charge on any atom is -0.462 e. The molecule has 1 fully saturated rings. The number of ether oxygens (including phenoxy) is 1. The Balaban J connectivity index is 2.37. The maximum Gasteiger partial charge on any atom is 0.309 e. The van der Waals surface area contributed by atoms with E-state index in [4.69, 9.17) is 4.74 Å². The molecule has 0 radical (unpaired) electrons. The third-order valence-corrected chi connectivity index (χ3v) is 3.38. The molecule has 0 spiro atoms. The van der Waals surface area contributed by atoms with E-state index in [-0.39, 0.29) is 18.0 Å². The minimum atomic E-state index is -0.0481. The summed E-state index contributed by atoms with van der Waals surface area (Å²) >= 11 is 0. The van der Waals surface area contributed by atoms with Crippen LogP contribution in [0.25, 0.3) is 0 Å². The van der Waals surface area contributed by atoms with Gasteiger partial charge < -0.3 is 4.74 Å². The van der Waals surface area contributed by atoms with E-state index in [2.05, 4.69) is 13.8 Å². The summed E-state index contributed by atoms with van der Waals surface area (Å²) < 4.78 is 5.52. The highest BCUT2D eigenvalue weighted by Gasteiger charge is 2.25. The molecule has 0 aliphatic heterocycles. The van der Waals surface area contributed by atoms with E-state index in [9.17, 15) is 9.59 Å². The largest absolute Gasteiger partial charge is 0.462 e. The van der Waals surface area contributed by atoms with Gasteiger partial charge in [-0.2, -0.15) is 0 Å². The first-order valence-corrected chi connectivity index (χ1v) is 6.89. The summed E-state index contributed by atoms with van der Waals surface area (Å²) in [6, 6.07) is 0. The number of hydrogen-bond donors (Lipinski definition) is 0. The first-order valence-electron chi connectivity index (χ1n) is 6.89. The third-order valence-electron chi connectivity index (χ3n) is 3.38. The van der Waals surface area contributed by atoms with Crippen molar-refractivity contribution in [3.8, 4) is 0 Å². The van der Waals surface area contributed by atoms with E-state index in [1.165, 1.54) is 0 Å². The van der Waals surface area contributed by atoms with Gasteiger partial charge >= 0.3 is 5.97 Å². The Bertz CT molecular complexity index is 244. The van der Waals surface area contributed by atoms with Crippen LogP contribution in [0.15, 0.2) is 0 Å². The van der Waals surface area contributed by atoms with Gasteiger partial charge in [-0.3, -0.25) is 9.59 Å². The summed E-state index contributed by atoms with van der Waals surface area (Å²) in [6.07, 6.45) is 6.43. The molecule has 0 aromatic carbocycles. The Morgan fingerprint density at radius 2 is 1.76 bits per heavy atom. The normalized spacial score (nSPS) is 17.5. The maximum atomic E-state index is 12.0. The molecule has 0 saturated heterocycles. The van der Waals surface area contributed by atoms with Crippen LogP contribution in [0.3, 0.4) is 0 Å². The highest BCUT2D eigenvalue weighted by Crippen LogP contribution is 2.22. The number of carbonyl (C=O) groups excluding carboxylic acids is 2. The zero-order chi connectivity index (χ0) is 12.7. The molecule has 0 aromatic rings. The van der Waals surface area contributed by atoms with Crippen molar-refractivity contribution in [1.29, 1.82) is 0 Å². The molecule has 3 heteroatoms. The molecule has 17 heavy (non-hydrogen) atoms. The predicted molar refractivity (Wildman–Crippen MR) is 66.7 cm³/mol. The van der Waals surface area contributed by atoms with Crippen molar-refractivity contribution in [3.05, 3.63) is 0 Å². The lowest BCUT2D eigenvalue weighted by Gasteiger charge is -2.24. The van der Waals surface area contributed by atoms with Crippen LogP contribution in [-0.2, 0) is 14.3 Å². The standard InChI is InChI=1S/C14H24O3/c1-3-5-11(6-4-2)14(16)17-13-9-7-12(15)8-10-13/h11,13H,3-10H2,1-2H3. The first kappa shape index (κ1) is 14.2. The van der Waals surface area contributed by atoms with E-state index in [1.54, 1.807) is 0 Å². The molecule has 3 nitrogen and oxygen atoms in total. The molecule has 0 unspecified atom stereocenters.